The van der Waals surface area contributed by atoms with Crippen LogP contribution in [0.1, 0.15) is 38.5 Å². The quantitative estimate of drug-likeness (QED) is 0.733. The van der Waals surface area contributed by atoms with Crippen LogP contribution in [0.2, 0.25) is 0 Å². The molecule has 1 unspecified atom stereocenters. The molecule has 16 heavy (non-hydrogen) atoms. The highest BCUT2D eigenvalue weighted by Crippen LogP contribution is 2.42. The number of rotatable bonds is 5. The summed E-state index contributed by atoms with van der Waals surface area (Å²) in [5.41, 5.74) is -1.28. The molecule has 1 aliphatic rings. The van der Waals surface area contributed by atoms with Crippen LogP contribution in [0, 0.1) is 11.3 Å². The maximum Gasteiger partial charge on any atom is 0.311 e. The van der Waals surface area contributed by atoms with Crippen LogP contribution in [-0.2, 0) is 9.59 Å². The van der Waals surface area contributed by atoms with Gasteiger partial charge in [-0.15, -0.1) is 11.6 Å². The molecule has 0 aromatic heterocycles. The summed E-state index contributed by atoms with van der Waals surface area (Å²) in [7, 11) is 0. The fourth-order valence-electron chi connectivity index (χ4n) is 2.53. The predicted molar refractivity (Wildman–Crippen MR) is 59.6 cm³/mol. The predicted octanol–water partition coefficient (Wildman–Crippen LogP) is 2.35. The average Bonchev–Trinajstić information content (AvgIpc) is 2.26. The van der Waals surface area contributed by atoms with Gasteiger partial charge in [0.05, 0.1) is 11.8 Å². The van der Waals surface area contributed by atoms with Gasteiger partial charge in [-0.2, -0.15) is 0 Å². The summed E-state index contributed by atoms with van der Waals surface area (Å²) in [5.74, 6) is -2.39. The molecule has 1 rings (SSSR count). The molecule has 0 heterocycles. The lowest BCUT2D eigenvalue weighted by molar-refractivity contribution is -0.158. The molecule has 0 bridgehead atoms. The summed E-state index contributed by atoms with van der Waals surface area (Å²) in [6.07, 6.45) is 4.20. The first-order valence-electron chi connectivity index (χ1n) is 5.54. The van der Waals surface area contributed by atoms with Gasteiger partial charge in [-0.25, -0.2) is 0 Å². The SMILES string of the molecule is O=C(O)CC(CCl)(C(=O)O)C1CCCCC1. The van der Waals surface area contributed by atoms with Crippen molar-refractivity contribution in [3.8, 4) is 0 Å². The Hall–Kier alpha value is -0.770. The molecule has 92 valence electrons. The zero-order chi connectivity index (χ0) is 12.2. The van der Waals surface area contributed by atoms with Crippen molar-refractivity contribution in [2.24, 2.45) is 11.3 Å². The van der Waals surface area contributed by atoms with Crippen LogP contribution < -0.4 is 0 Å². The van der Waals surface area contributed by atoms with E-state index in [1.165, 1.54) is 0 Å². The van der Waals surface area contributed by atoms with Gasteiger partial charge >= 0.3 is 11.9 Å². The first-order chi connectivity index (χ1) is 7.53. The maximum atomic E-state index is 11.3. The Kier molecular flexibility index (Phi) is 4.59. The number of carboxylic acids is 2. The Bertz CT molecular complexity index is 273. The summed E-state index contributed by atoms with van der Waals surface area (Å²) in [6, 6.07) is 0. The van der Waals surface area contributed by atoms with Crippen LogP contribution in [-0.4, -0.2) is 28.0 Å². The van der Waals surface area contributed by atoms with Crippen molar-refractivity contribution in [2.75, 3.05) is 5.88 Å². The van der Waals surface area contributed by atoms with E-state index in [2.05, 4.69) is 0 Å². The molecule has 1 aliphatic carbocycles. The van der Waals surface area contributed by atoms with Crippen molar-refractivity contribution >= 4 is 23.5 Å². The van der Waals surface area contributed by atoms with Gasteiger partial charge in [0.15, 0.2) is 0 Å². The Morgan fingerprint density at radius 1 is 1.19 bits per heavy atom. The second-order valence-corrected chi connectivity index (χ2v) is 4.77. The van der Waals surface area contributed by atoms with Crippen molar-refractivity contribution in [3.05, 3.63) is 0 Å². The van der Waals surface area contributed by atoms with E-state index >= 15 is 0 Å². The first kappa shape index (κ1) is 13.3. The molecule has 0 amide bonds. The number of carboxylic acid groups (broad SMARTS) is 2. The third kappa shape index (κ3) is 2.67. The number of alkyl halides is 1. The molecular formula is C11H17ClO4. The van der Waals surface area contributed by atoms with E-state index in [0.29, 0.717) is 0 Å². The normalized spacial score (nSPS) is 21.3. The van der Waals surface area contributed by atoms with Crippen LogP contribution in [0.15, 0.2) is 0 Å². The topological polar surface area (TPSA) is 74.6 Å². The zero-order valence-corrected chi connectivity index (χ0v) is 9.87. The number of halogens is 1. The average molecular weight is 249 g/mol. The van der Waals surface area contributed by atoms with Gasteiger partial charge in [-0.05, 0) is 18.8 Å². The summed E-state index contributed by atoms with van der Waals surface area (Å²) < 4.78 is 0. The maximum absolute atomic E-state index is 11.3. The van der Waals surface area contributed by atoms with Gasteiger partial charge < -0.3 is 10.2 Å². The van der Waals surface area contributed by atoms with Crippen LogP contribution in [0.5, 0.6) is 0 Å². The molecule has 4 nitrogen and oxygen atoms in total. The van der Waals surface area contributed by atoms with Crippen molar-refractivity contribution in [3.63, 3.8) is 0 Å². The second-order valence-electron chi connectivity index (χ2n) is 4.50. The minimum atomic E-state index is -1.28. The standard InChI is InChI=1S/C11H17ClO4/c12-7-11(10(15)16,6-9(13)14)8-4-2-1-3-5-8/h8H,1-7H2,(H,13,14)(H,15,16). The van der Waals surface area contributed by atoms with Crippen molar-refractivity contribution in [1.29, 1.82) is 0 Å². The van der Waals surface area contributed by atoms with E-state index in [9.17, 15) is 14.7 Å². The van der Waals surface area contributed by atoms with Crippen molar-refractivity contribution in [2.45, 2.75) is 38.5 Å². The van der Waals surface area contributed by atoms with Gasteiger partial charge in [0.25, 0.3) is 0 Å². The number of aliphatic carboxylic acids is 2. The van der Waals surface area contributed by atoms with Crippen LogP contribution in [0.4, 0.5) is 0 Å². The third-order valence-corrected chi connectivity index (χ3v) is 3.99. The Morgan fingerprint density at radius 2 is 1.75 bits per heavy atom. The molecule has 0 saturated heterocycles. The van der Waals surface area contributed by atoms with Gasteiger partial charge in [0, 0.05) is 5.88 Å². The zero-order valence-electron chi connectivity index (χ0n) is 9.12. The number of hydrogen-bond acceptors (Lipinski definition) is 2. The lowest BCUT2D eigenvalue weighted by Crippen LogP contribution is -2.43. The van der Waals surface area contributed by atoms with Crippen LogP contribution >= 0.6 is 11.6 Å². The molecule has 0 aromatic rings. The number of hydrogen-bond donors (Lipinski definition) is 2. The monoisotopic (exact) mass is 248 g/mol. The molecule has 0 aliphatic heterocycles. The molecule has 1 saturated carbocycles. The molecule has 5 heteroatoms. The molecule has 0 spiro atoms. The molecule has 1 fully saturated rings. The van der Waals surface area contributed by atoms with E-state index in [0.717, 1.165) is 32.1 Å². The minimum Gasteiger partial charge on any atom is -0.481 e. The Balaban J connectivity index is 2.90. The molecule has 2 N–H and O–H groups in total. The van der Waals surface area contributed by atoms with E-state index in [1.807, 2.05) is 0 Å². The Labute approximate surface area is 99.6 Å². The lowest BCUT2D eigenvalue weighted by atomic mass is 9.68. The molecule has 0 radical (unpaired) electrons. The first-order valence-corrected chi connectivity index (χ1v) is 6.07. The lowest BCUT2D eigenvalue weighted by Gasteiger charge is -2.36. The van der Waals surface area contributed by atoms with E-state index < -0.39 is 17.4 Å². The highest BCUT2D eigenvalue weighted by Gasteiger charge is 2.47. The van der Waals surface area contributed by atoms with Gasteiger partial charge in [-0.1, -0.05) is 19.3 Å². The van der Waals surface area contributed by atoms with E-state index in [1.54, 1.807) is 0 Å². The van der Waals surface area contributed by atoms with Gasteiger partial charge in [-0.3, -0.25) is 9.59 Å². The third-order valence-electron chi connectivity index (χ3n) is 3.52. The van der Waals surface area contributed by atoms with Crippen LogP contribution in [0.3, 0.4) is 0 Å². The van der Waals surface area contributed by atoms with Gasteiger partial charge in [0.1, 0.15) is 0 Å². The highest BCUT2D eigenvalue weighted by atomic mass is 35.5. The molecule has 1 atom stereocenters. The number of carbonyl (C=O) groups is 2. The van der Waals surface area contributed by atoms with E-state index in [4.69, 9.17) is 16.7 Å². The second kappa shape index (κ2) is 5.53. The highest BCUT2D eigenvalue weighted by molar-refractivity contribution is 6.20. The largest absolute Gasteiger partial charge is 0.481 e. The summed E-state index contributed by atoms with van der Waals surface area (Å²) in [4.78, 5) is 22.1. The summed E-state index contributed by atoms with van der Waals surface area (Å²) in [5, 5.41) is 18.1. The fourth-order valence-corrected chi connectivity index (χ4v) is 2.96. The summed E-state index contributed by atoms with van der Waals surface area (Å²) in [6.45, 7) is 0. The van der Waals surface area contributed by atoms with Crippen LogP contribution in [0.25, 0.3) is 0 Å². The van der Waals surface area contributed by atoms with Crippen molar-refractivity contribution < 1.29 is 19.8 Å². The Morgan fingerprint density at radius 3 is 2.12 bits per heavy atom. The van der Waals surface area contributed by atoms with Crippen molar-refractivity contribution in [1.82, 2.24) is 0 Å². The summed E-state index contributed by atoms with van der Waals surface area (Å²) >= 11 is 5.75. The van der Waals surface area contributed by atoms with Gasteiger partial charge in [0.2, 0.25) is 0 Å². The molecular weight excluding hydrogens is 232 g/mol. The fraction of sp³-hybridized carbons (Fsp3) is 0.818. The van der Waals surface area contributed by atoms with E-state index in [-0.39, 0.29) is 18.2 Å². The minimum absolute atomic E-state index is 0.104. The smallest absolute Gasteiger partial charge is 0.311 e. The molecule has 0 aromatic carbocycles.